The maximum atomic E-state index is 12.0. The Morgan fingerprint density at radius 3 is 2.71 bits per heavy atom. The summed E-state index contributed by atoms with van der Waals surface area (Å²) < 4.78 is 0.959. The molecule has 0 bridgehead atoms. The Morgan fingerprint density at radius 1 is 1.38 bits per heavy atom. The summed E-state index contributed by atoms with van der Waals surface area (Å²) in [6.07, 6.45) is 0.630. The van der Waals surface area contributed by atoms with Crippen LogP contribution in [-0.4, -0.2) is 21.0 Å². The number of benzene rings is 1. The summed E-state index contributed by atoms with van der Waals surface area (Å²) in [4.78, 5) is 29.8. The Morgan fingerprint density at radius 2 is 2.10 bits per heavy atom. The zero-order valence-corrected chi connectivity index (χ0v) is 13.1. The number of nitrogens with one attached hydrogen (secondary N) is 1. The van der Waals surface area contributed by atoms with Crippen LogP contribution in [0.1, 0.15) is 29.1 Å². The van der Waals surface area contributed by atoms with Gasteiger partial charge in [-0.3, -0.25) is 9.59 Å². The highest BCUT2D eigenvalue weighted by atomic mass is 79.9. The molecule has 0 fully saturated rings. The number of rotatable bonds is 5. The zero-order valence-electron chi connectivity index (χ0n) is 11.5. The van der Waals surface area contributed by atoms with Crippen LogP contribution >= 0.6 is 15.9 Å². The molecule has 0 aliphatic rings. The van der Waals surface area contributed by atoms with E-state index in [2.05, 4.69) is 25.9 Å². The van der Waals surface area contributed by atoms with E-state index in [-0.39, 0.29) is 18.4 Å². The Bertz CT molecular complexity index is 725. The van der Waals surface area contributed by atoms with Crippen molar-refractivity contribution in [1.29, 1.82) is 0 Å². The molecule has 0 unspecified atom stereocenters. The summed E-state index contributed by atoms with van der Waals surface area (Å²) in [6.45, 7) is 1.73. The van der Waals surface area contributed by atoms with Crippen molar-refractivity contribution in [2.24, 2.45) is 0 Å². The number of carbonyl (C=O) groups is 1. The molecule has 1 heterocycles. The van der Waals surface area contributed by atoms with Gasteiger partial charge in [-0.05, 0) is 25.0 Å². The van der Waals surface area contributed by atoms with Gasteiger partial charge in [0.25, 0.3) is 5.56 Å². The molecule has 0 saturated carbocycles. The number of carboxylic acid groups (broad SMARTS) is 1. The van der Waals surface area contributed by atoms with E-state index in [9.17, 15) is 9.59 Å². The van der Waals surface area contributed by atoms with Gasteiger partial charge in [0.2, 0.25) is 0 Å². The summed E-state index contributed by atoms with van der Waals surface area (Å²) >= 11 is 3.46. The van der Waals surface area contributed by atoms with Crippen LogP contribution < -0.4 is 5.56 Å². The molecule has 1 aromatic carbocycles. The topological polar surface area (TPSA) is 83.0 Å². The molecular weight excluding hydrogens is 336 g/mol. The molecule has 2 N–H and O–H groups in total. The molecular formula is C15H15BrN2O3. The lowest BCUT2D eigenvalue weighted by Gasteiger charge is -2.07. The molecule has 2 aromatic rings. The van der Waals surface area contributed by atoms with Gasteiger partial charge < -0.3 is 10.1 Å². The fourth-order valence-electron chi connectivity index (χ4n) is 2.10. The average Bonchev–Trinajstić information content (AvgIpc) is 2.40. The van der Waals surface area contributed by atoms with Gasteiger partial charge in [0.15, 0.2) is 0 Å². The highest BCUT2D eigenvalue weighted by Gasteiger charge is 2.11. The quantitative estimate of drug-likeness (QED) is 0.867. The molecule has 21 heavy (non-hydrogen) atoms. The van der Waals surface area contributed by atoms with E-state index < -0.39 is 5.97 Å². The summed E-state index contributed by atoms with van der Waals surface area (Å²) in [7, 11) is 0. The molecule has 0 atom stereocenters. The van der Waals surface area contributed by atoms with Gasteiger partial charge in [-0.25, -0.2) is 4.98 Å². The van der Waals surface area contributed by atoms with Crippen molar-refractivity contribution >= 4 is 21.9 Å². The minimum atomic E-state index is -0.925. The van der Waals surface area contributed by atoms with Crippen molar-refractivity contribution in [2.45, 2.75) is 26.2 Å². The largest absolute Gasteiger partial charge is 0.481 e. The molecule has 6 heteroatoms. The van der Waals surface area contributed by atoms with Gasteiger partial charge in [-0.1, -0.05) is 34.1 Å². The van der Waals surface area contributed by atoms with Crippen molar-refractivity contribution in [3.05, 3.63) is 61.7 Å². The van der Waals surface area contributed by atoms with E-state index in [1.807, 2.05) is 24.3 Å². The third-order valence-corrected chi connectivity index (χ3v) is 3.95. The molecule has 0 aliphatic carbocycles. The zero-order chi connectivity index (χ0) is 15.4. The van der Waals surface area contributed by atoms with Crippen LogP contribution in [0.4, 0.5) is 0 Å². The first-order valence-corrected chi connectivity index (χ1v) is 7.30. The third kappa shape index (κ3) is 4.01. The average molecular weight is 351 g/mol. The SMILES string of the molecule is Cc1nc(Cc2ccccc2Br)[nH]c(=O)c1CCC(=O)O. The molecule has 5 nitrogen and oxygen atoms in total. The van der Waals surface area contributed by atoms with Gasteiger partial charge in [0.05, 0.1) is 0 Å². The smallest absolute Gasteiger partial charge is 0.303 e. The number of aliphatic carboxylic acids is 1. The van der Waals surface area contributed by atoms with Crippen LogP contribution in [0.3, 0.4) is 0 Å². The number of hydrogen-bond donors (Lipinski definition) is 2. The lowest BCUT2D eigenvalue weighted by Crippen LogP contribution is -2.20. The minimum Gasteiger partial charge on any atom is -0.481 e. The molecule has 0 saturated heterocycles. The predicted octanol–water partition coefficient (Wildman–Crippen LogP) is 2.45. The van der Waals surface area contributed by atoms with E-state index in [0.717, 1.165) is 10.0 Å². The van der Waals surface area contributed by atoms with Crippen LogP contribution in [0.2, 0.25) is 0 Å². The van der Waals surface area contributed by atoms with E-state index in [1.165, 1.54) is 0 Å². The summed E-state index contributed by atoms with van der Waals surface area (Å²) in [6, 6.07) is 7.73. The van der Waals surface area contributed by atoms with Crippen molar-refractivity contribution in [3.63, 3.8) is 0 Å². The minimum absolute atomic E-state index is 0.0742. The maximum Gasteiger partial charge on any atom is 0.303 e. The highest BCUT2D eigenvalue weighted by molar-refractivity contribution is 9.10. The van der Waals surface area contributed by atoms with Gasteiger partial charge in [0.1, 0.15) is 5.82 Å². The van der Waals surface area contributed by atoms with E-state index >= 15 is 0 Å². The lowest BCUT2D eigenvalue weighted by molar-refractivity contribution is -0.136. The highest BCUT2D eigenvalue weighted by Crippen LogP contribution is 2.18. The maximum absolute atomic E-state index is 12.0. The van der Waals surface area contributed by atoms with E-state index in [0.29, 0.717) is 23.5 Å². The number of H-pyrrole nitrogens is 1. The normalized spacial score (nSPS) is 10.6. The summed E-state index contributed by atoms with van der Waals surface area (Å²) in [5.74, 6) is -0.352. The van der Waals surface area contributed by atoms with Crippen molar-refractivity contribution in [2.75, 3.05) is 0 Å². The number of carboxylic acids is 1. The number of hydrogen-bond acceptors (Lipinski definition) is 3. The first kappa shape index (κ1) is 15.4. The van der Waals surface area contributed by atoms with Crippen LogP contribution in [0, 0.1) is 6.92 Å². The molecule has 0 radical (unpaired) electrons. The van der Waals surface area contributed by atoms with Gasteiger partial charge in [0, 0.05) is 28.6 Å². The molecule has 0 amide bonds. The molecule has 0 spiro atoms. The van der Waals surface area contributed by atoms with Crippen LogP contribution in [0.5, 0.6) is 0 Å². The van der Waals surface area contributed by atoms with Gasteiger partial charge in [-0.15, -0.1) is 0 Å². The monoisotopic (exact) mass is 350 g/mol. The second-order valence-electron chi connectivity index (χ2n) is 4.74. The molecule has 110 valence electrons. The van der Waals surface area contributed by atoms with E-state index in [4.69, 9.17) is 5.11 Å². The second-order valence-corrected chi connectivity index (χ2v) is 5.59. The van der Waals surface area contributed by atoms with Crippen molar-refractivity contribution in [3.8, 4) is 0 Å². The molecule has 1 aromatic heterocycles. The molecule has 0 aliphatic heterocycles. The Kier molecular flexibility index (Phi) is 4.90. The van der Waals surface area contributed by atoms with Crippen LogP contribution in [0.25, 0.3) is 0 Å². The first-order valence-electron chi connectivity index (χ1n) is 6.51. The second kappa shape index (κ2) is 6.67. The molecule has 2 rings (SSSR count). The lowest BCUT2D eigenvalue weighted by atomic mass is 10.1. The first-order chi connectivity index (χ1) is 9.97. The predicted molar refractivity (Wildman–Crippen MR) is 82.5 cm³/mol. The number of nitrogens with zero attached hydrogens (tertiary/aromatic N) is 1. The number of halogens is 1. The summed E-state index contributed by atoms with van der Waals surface area (Å²) in [5, 5.41) is 8.70. The van der Waals surface area contributed by atoms with Crippen LogP contribution in [-0.2, 0) is 17.6 Å². The number of aromatic amines is 1. The Hall–Kier alpha value is -1.95. The van der Waals surface area contributed by atoms with E-state index in [1.54, 1.807) is 6.92 Å². The van der Waals surface area contributed by atoms with Crippen LogP contribution in [0.15, 0.2) is 33.5 Å². The summed E-state index contributed by atoms with van der Waals surface area (Å²) in [5.41, 5.74) is 1.79. The van der Waals surface area contributed by atoms with Gasteiger partial charge >= 0.3 is 5.97 Å². The Balaban J connectivity index is 2.26. The van der Waals surface area contributed by atoms with Crippen molar-refractivity contribution < 1.29 is 9.90 Å². The Labute approximate surface area is 130 Å². The fourth-order valence-corrected chi connectivity index (χ4v) is 2.53. The van der Waals surface area contributed by atoms with Crippen molar-refractivity contribution in [1.82, 2.24) is 9.97 Å². The fraction of sp³-hybridized carbons (Fsp3) is 0.267. The standard InChI is InChI=1S/C15H15BrN2O3/c1-9-11(6-7-14(19)20)15(21)18-13(17-9)8-10-4-2-3-5-12(10)16/h2-5H,6-8H2,1H3,(H,19,20)(H,17,18,21). The number of aryl methyl sites for hydroxylation is 1. The van der Waals surface area contributed by atoms with Gasteiger partial charge in [-0.2, -0.15) is 0 Å². The third-order valence-electron chi connectivity index (χ3n) is 3.18. The number of aromatic nitrogens is 2.